The van der Waals surface area contributed by atoms with Crippen LogP contribution in [0.15, 0.2) is 18.2 Å². The summed E-state index contributed by atoms with van der Waals surface area (Å²) in [5.74, 6) is 0.00262. The van der Waals surface area contributed by atoms with Crippen LogP contribution < -0.4 is 5.32 Å². The molecule has 2 nitrogen and oxygen atoms in total. The van der Waals surface area contributed by atoms with Crippen molar-refractivity contribution in [3.63, 3.8) is 0 Å². The van der Waals surface area contributed by atoms with Crippen LogP contribution in [0.1, 0.15) is 55.7 Å². The Bertz CT molecular complexity index is 514. The quantitative estimate of drug-likeness (QED) is 0.852. The lowest BCUT2D eigenvalue weighted by Gasteiger charge is -2.52. The van der Waals surface area contributed by atoms with Crippen LogP contribution in [0.5, 0.6) is 0 Å². The normalized spacial score (nSPS) is 28.7. The Hall–Kier alpha value is -0.930. The molecular weight excluding hydrogens is 263 g/mol. The molecule has 0 aromatic heterocycles. The van der Waals surface area contributed by atoms with Gasteiger partial charge in [0.25, 0.3) is 0 Å². The maximum atomic E-state index is 14.0. The van der Waals surface area contributed by atoms with Gasteiger partial charge in [-0.25, -0.2) is 4.39 Å². The summed E-state index contributed by atoms with van der Waals surface area (Å²) in [6.45, 7) is 3.30. The van der Waals surface area contributed by atoms with Crippen LogP contribution in [0.2, 0.25) is 0 Å². The van der Waals surface area contributed by atoms with Crippen molar-refractivity contribution in [1.82, 2.24) is 10.2 Å². The van der Waals surface area contributed by atoms with Gasteiger partial charge in [-0.2, -0.15) is 0 Å². The molecule has 1 atom stereocenters. The van der Waals surface area contributed by atoms with Gasteiger partial charge in [0.2, 0.25) is 0 Å². The summed E-state index contributed by atoms with van der Waals surface area (Å²) in [6, 6.07) is 6.11. The first-order chi connectivity index (χ1) is 10.3. The summed E-state index contributed by atoms with van der Waals surface area (Å²) < 4.78 is 14.0. The Morgan fingerprint density at radius 2 is 2.05 bits per heavy atom. The van der Waals surface area contributed by atoms with Gasteiger partial charge in [-0.3, -0.25) is 4.90 Å². The molecule has 1 saturated carbocycles. The van der Waals surface area contributed by atoms with Gasteiger partial charge in [-0.05, 0) is 42.9 Å². The van der Waals surface area contributed by atoms with E-state index < -0.39 is 0 Å². The molecule has 1 N–H and O–H groups in total. The van der Waals surface area contributed by atoms with Gasteiger partial charge < -0.3 is 5.32 Å². The predicted molar refractivity (Wildman–Crippen MR) is 82.9 cm³/mol. The van der Waals surface area contributed by atoms with E-state index in [-0.39, 0.29) is 5.82 Å². The van der Waals surface area contributed by atoms with Gasteiger partial charge >= 0.3 is 0 Å². The van der Waals surface area contributed by atoms with Crippen molar-refractivity contribution in [3.05, 3.63) is 35.1 Å². The average Bonchev–Trinajstić information content (AvgIpc) is 2.94. The molecule has 1 aliphatic heterocycles. The number of benzene rings is 1. The molecule has 1 aromatic carbocycles. The summed E-state index contributed by atoms with van der Waals surface area (Å²) in [7, 11) is 0. The second-order valence-corrected chi connectivity index (χ2v) is 7.02. The van der Waals surface area contributed by atoms with Gasteiger partial charge in [0, 0.05) is 31.2 Å². The van der Waals surface area contributed by atoms with Crippen molar-refractivity contribution < 1.29 is 4.39 Å². The van der Waals surface area contributed by atoms with Crippen LogP contribution in [0.25, 0.3) is 0 Å². The molecule has 21 heavy (non-hydrogen) atoms. The fraction of sp³-hybridized carbons (Fsp3) is 0.667. The Labute approximate surface area is 126 Å². The van der Waals surface area contributed by atoms with Crippen LogP contribution in [0, 0.1) is 5.82 Å². The highest BCUT2D eigenvalue weighted by molar-refractivity contribution is 5.36. The lowest BCUT2D eigenvalue weighted by atomic mass is 9.77. The molecule has 3 heteroatoms. The molecular formula is C18H25FN2. The van der Waals surface area contributed by atoms with Gasteiger partial charge in [0.05, 0.1) is 0 Å². The molecule has 1 aromatic rings. The lowest BCUT2D eigenvalue weighted by Crippen LogP contribution is -2.62. The number of fused-ring (bicyclic) bond motifs is 1. The second kappa shape index (κ2) is 5.36. The number of rotatable bonds is 1. The molecule has 0 amide bonds. The first-order valence-corrected chi connectivity index (χ1v) is 8.55. The van der Waals surface area contributed by atoms with E-state index in [9.17, 15) is 4.39 Å². The molecule has 1 spiro atoms. The molecule has 4 rings (SSSR count). The largest absolute Gasteiger partial charge is 0.314 e. The molecule has 0 radical (unpaired) electrons. The number of piperazine rings is 1. The van der Waals surface area contributed by atoms with Crippen LogP contribution in [-0.4, -0.2) is 30.1 Å². The molecule has 3 aliphatic rings. The van der Waals surface area contributed by atoms with Crippen molar-refractivity contribution in [3.8, 4) is 0 Å². The van der Waals surface area contributed by atoms with E-state index in [0.29, 0.717) is 11.6 Å². The first kappa shape index (κ1) is 13.7. The molecule has 1 heterocycles. The van der Waals surface area contributed by atoms with Crippen LogP contribution in [0.4, 0.5) is 4.39 Å². The minimum Gasteiger partial charge on any atom is -0.314 e. The van der Waals surface area contributed by atoms with Gasteiger partial charge in [-0.1, -0.05) is 31.4 Å². The number of nitrogens with zero attached hydrogens (tertiary/aromatic N) is 1. The van der Waals surface area contributed by atoms with Crippen molar-refractivity contribution in [2.75, 3.05) is 19.6 Å². The van der Waals surface area contributed by atoms with E-state index in [1.807, 2.05) is 6.07 Å². The summed E-state index contributed by atoms with van der Waals surface area (Å²) in [5.41, 5.74) is 2.57. The highest BCUT2D eigenvalue weighted by Crippen LogP contribution is 2.45. The third-order valence-corrected chi connectivity index (χ3v) is 5.94. The molecule has 1 saturated heterocycles. The zero-order valence-electron chi connectivity index (χ0n) is 12.7. The molecule has 114 valence electrons. The van der Waals surface area contributed by atoms with Gasteiger partial charge in [0.15, 0.2) is 0 Å². The third-order valence-electron chi connectivity index (χ3n) is 5.94. The average molecular weight is 288 g/mol. The highest BCUT2D eigenvalue weighted by atomic mass is 19.1. The Balaban J connectivity index is 1.68. The fourth-order valence-corrected chi connectivity index (χ4v) is 4.93. The first-order valence-electron chi connectivity index (χ1n) is 8.55. The van der Waals surface area contributed by atoms with E-state index in [0.717, 1.165) is 38.0 Å². The van der Waals surface area contributed by atoms with Gasteiger partial charge in [-0.15, -0.1) is 0 Å². The van der Waals surface area contributed by atoms with Crippen molar-refractivity contribution in [2.24, 2.45) is 0 Å². The van der Waals surface area contributed by atoms with Crippen molar-refractivity contribution in [2.45, 2.75) is 56.5 Å². The zero-order chi connectivity index (χ0) is 14.3. The summed E-state index contributed by atoms with van der Waals surface area (Å²) in [5, 5.41) is 3.62. The lowest BCUT2D eigenvalue weighted by molar-refractivity contribution is -0.00796. The van der Waals surface area contributed by atoms with E-state index >= 15 is 0 Å². The predicted octanol–water partition coefficient (Wildman–Crippen LogP) is 3.42. The van der Waals surface area contributed by atoms with E-state index in [2.05, 4.69) is 16.3 Å². The standard InChI is InChI=1S/C18H25FN2/c19-16-6-4-5-15-14(16)7-8-17(15)21-12-11-20-13-18(21)9-2-1-3-10-18/h4-6,17,20H,1-3,7-13H2. The SMILES string of the molecule is Fc1cccc2c1CCC2N1CCNCC12CCCCC2. The minimum atomic E-state index is 0.00262. The number of halogens is 1. The van der Waals surface area contributed by atoms with E-state index in [1.54, 1.807) is 6.07 Å². The molecule has 2 fully saturated rings. The molecule has 2 aliphatic carbocycles. The number of hydrogen-bond donors (Lipinski definition) is 1. The maximum absolute atomic E-state index is 14.0. The molecule has 0 bridgehead atoms. The van der Waals surface area contributed by atoms with Crippen LogP contribution in [-0.2, 0) is 6.42 Å². The Morgan fingerprint density at radius 1 is 1.19 bits per heavy atom. The fourth-order valence-electron chi connectivity index (χ4n) is 4.93. The molecule has 1 unspecified atom stereocenters. The third kappa shape index (κ3) is 2.22. The summed E-state index contributed by atoms with van der Waals surface area (Å²) >= 11 is 0. The van der Waals surface area contributed by atoms with Crippen LogP contribution >= 0.6 is 0 Å². The zero-order valence-corrected chi connectivity index (χ0v) is 12.7. The second-order valence-electron chi connectivity index (χ2n) is 7.02. The Kier molecular flexibility index (Phi) is 3.50. The smallest absolute Gasteiger partial charge is 0.126 e. The summed E-state index contributed by atoms with van der Waals surface area (Å²) in [6.07, 6.45) is 8.69. The maximum Gasteiger partial charge on any atom is 0.126 e. The van der Waals surface area contributed by atoms with Crippen LogP contribution in [0.3, 0.4) is 0 Å². The number of nitrogens with one attached hydrogen (secondary N) is 1. The Morgan fingerprint density at radius 3 is 2.90 bits per heavy atom. The summed E-state index contributed by atoms with van der Waals surface area (Å²) in [4.78, 5) is 2.74. The minimum absolute atomic E-state index is 0.00262. The number of hydrogen-bond acceptors (Lipinski definition) is 2. The van der Waals surface area contributed by atoms with E-state index in [4.69, 9.17) is 0 Å². The van der Waals surface area contributed by atoms with E-state index in [1.165, 1.54) is 37.7 Å². The monoisotopic (exact) mass is 288 g/mol. The van der Waals surface area contributed by atoms with Crippen molar-refractivity contribution >= 4 is 0 Å². The van der Waals surface area contributed by atoms with Crippen molar-refractivity contribution in [1.29, 1.82) is 0 Å². The highest BCUT2D eigenvalue weighted by Gasteiger charge is 2.44. The topological polar surface area (TPSA) is 15.3 Å². The van der Waals surface area contributed by atoms with Gasteiger partial charge in [0.1, 0.15) is 5.82 Å².